The van der Waals surface area contributed by atoms with Crippen LogP contribution in [0.15, 0.2) is 89.5 Å². The van der Waals surface area contributed by atoms with Gasteiger partial charge in [0.1, 0.15) is 0 Å². The van der Waals surface area contributed by atoms with Crippen LogP contribution in [-0.4, -0.2) is 10.9 Å². The standard InChI is InChI=1S/C23H19BrN2O/c1-16(27)26(19-13-11-18(24)12-14-19)23(17-7-3-2-4-8-17)21-15-25-22-10-6-5-9-20(21)22/h2-15,23,25H,1H3. The van der Waals surface area contributed by atoms with Gasteiger partial charge in [0.05, 0.1) is 6.04 Å². The fourth-order valence-electron chi connectivity index (χ4n) is 3.54. The van der Waals surface area contributed by atoms with E-state index in [0.29, 0.717) is 0 Å². The van der Waals surface area contributed by atoms with E-state index in [4.69, 9.17) is 0 Å². The van der Waals surface area contributed by atoms with Crippen molar-refractivity contribution in [3.63, 3.8) is 0 Å². The first-order valence-electron chi connectivity index (χ1n) is 8.81. The number of aromatic amines is 1. The van der Waals surface area contributed by atoms with Crippen LogP contribution in [0, 0.1) is 0 Å². The molecule has 0 radical (unpaired) electrons. The number of nitrogens with zero attached hydrogens (tertiary/aromatic N) is 1. The lowest BCUT2D eigenvalue weighted by molar-refractivity contribution is -0.116. The highest BCUT2D eigenvalue weighted by atomic mass is 79.9. The first-order chi connectivity index (χ1) is 13.1. The molecule has 1 atom stereocenters. The molecule has 0 spiro atoms. The molecule has 1 aromatic heterocycles. The molecule has 0 aliphatic carbocycles. The molecule has 0 saturated carbocycles. The van der Waals surface area contributed by atoms with E-state index in [1.54, 1.807) is 6.92 Å². The number of carbonyl (C=O) groups excluding carboxylic acids is 1. The predicted molar refractivity (Wildman–Crippen MR) is 114 cm³/mol. The number of halogens is 1. The number of amides is 1. The highest BCUT2D eigenvalue weighted by Crippen LogP contribution is 2.37. The van der Waals surface area contributed by atoms with Gasteiger partial charge < -0.3 is 9.88 Å². The summed E-state index contributed by atoms with van der Waals surface area (Å²) in [7, 11) is 0. The number of hydrogen-bond acceptors (Lipinski definition) is 1. The Bertz CT molecular complexity index is 1070. The monoisotopic (exact) mass is 418 g/mol. The summed E-state index contributed by atoms with van der Waals surface area (Å²) < 4.78 is 0.984. The Morgan fingerprint density at radius 1 is 0.926 bits per heavy atom. The Hall–Kier alpha value is -2.85. The number of rotatable bonds is 4. The minimum Gasteiger partial charge on any atom is -0.361 e. The number of fused-ring (bicyclic) bond motifs is 1. The maximum Gasteiger partial charge on any atom is 0.224 e. The van der Waals surface area contributed by atoms with Crippen LogP contribution < -0.4 is 4.90 Å². The summed E-state index contributed by atoms with van der Waals surface area (Å²) in [6, 6.07) is 26.0. The molecular weight excluding hydrogens is 400 g/mol. The SMILES string of the molecule is CC(=O)N(c1ccc(Br)cc1)C(c1ccccc1)c1c[nH]c2ccccc12. The molecule has 0 aliphatic rings. The Balaban J connectivity index is 1.94. The van der Waals surface area contributed by atoms with Crippen LogP contribution in [0.2, 0.25) is 0 Å². The summed E-state index contributed by atoms with van der Waals surface area (Å²) >= 11 is 3.48. The second-order valence-electron chi connectivity index (χ2n) is 6.47. The molecule has 0 bridgehead atoms. The number of carbonyl (C=O) groups is 1. The molecule has 27 heavy (non-hydrogen) atoms. The molecule has 134 valence electrons. The largest absolute Gasteiger partial charge is 0.361 e. The van der Waals surface area contributed by atoms with E-state index in [2.05, 4.69) is 45.2 Å². The normalized spacial score (nSPS) is 12.1. The number of para-hydroxylation sites is 1. The third-order valence-corrected chi connectivity index (χ3v) is 5.26. The van der Waals surface area contributed by atoms with Crippen molar-refractivity contribution in [3.8, 4) is 0 Å². The minimum atomic E-state index is -0.221. The summed E-state index contributed by atoms with van der Waals surface area (Å²) in [6.07, 6.45) is 2.01. The van der Waals surface area contributed by atoms with Crippen LogP contribution in [0.25, 0.3) is 10.9 Å². The van der Waals surface area contributed by atoms with Crippen LogP contribution in [0.4, 0.5) is 5.69 Å². The molecule has 0 fully saturated rings. The summed E-state index contributed by atoms with van der Waals surface area (Å²) in [4.78, 5) is 18.0. The first kappa shape index (κ1) is 17.6. The van der Waals surface area contributed by atoms with E-state index in [0.717, 1.165) is 32.2 Å². The lowest BCUT2D eigenvalue weighted by atomic mass is 9.95. The molecule has 3 aromatic carbocycles. The van der Waals surface area contributed by atoms with Crippen LogP contribution in [0.5, 0.6) is 0 Å². The van der Waals surface area contributed by atoms with E-state index < -0.39 is 0 Å². The fourth-order valence-corrected chi connectivity index (χ4v) is 3.80. The molecule has 0 aliphatic heterocycles. The molecule has 1 amide bonds. The summed E-state index contributed by atoms with van der Waals surface area (Å²) in [5, 5.41) is 1.12. The average molecular weight is 419 g/mol. The summed E-state index contributed by atoms with van der Waals surface area (Å²) in [5.41, 5.74) is 4.08. The number of benzene rings is 3. The van der Waals surface area contributed by atoms with Crippen LogP contribution >= 0.6 is 15.9 Å². The quantitative estimate of drug-likeness (QED) is 0.428. The maximum atomic E-state index is 12.8. The lowest BCUT2D eigenvalue weighted by Crippen LogP contribution is -2.33. The fraction of sp³-hybridized carbons (Fsp3) is 0.0870. The lowest BCUT2D eigenvalue weighted by Gasteiger charge is -2.31. The second kappa shape index (κ2) is 7.41. The number of anilines is 1. The van der Waals surface area contributed by atoms with Crippen molar-refractivity contribution < 1.29 is 4.79 Å². The van der Waals surface area contributed by atoms with Crippen molar-refractivity contribution in [2.45, 2.75) is 13.0 Å². The molecule has 4 aromatic rings. The van der Waals surface area contributed by atoms with Gasteiger partial charge in [0.2, 0.25) is 5.91 Å². The molecule has 4 heteroatoms. The van der Waals surface area contributed by atoms with Gasteiger partial charge in [0.15, 0.2) is 0 Å². The predicted octanol–water partition coefficient (Wildman–Crippen LogP) is 6.07. The van der Waals surface area contributed by atoms with Crippen LogP contribution in [-0.2, 0) is 4.79 Å². The summed E-state index contributed by atoms with van der Waals surface area (Å²) in [6.45, 7) is 1.62. The maximum absolute atomic E-state index is 12.8. The Morgan fingerprint density at radius 3 is 2.30 bits per heavy atom. The van der Waals surface area contributed by atoms with Gasteiger partial charge in [-0.05, 0) is 35.9 Å². The van der Waals surface area contributed by atoms with E-state index in [-0.39, 0.29) is 11.9 Å². The number of nitrogens with one attached hydrogen (secondary N) is 1. The van der Waals surface area contributed by atoms with Gasteiger partial charge in [-0.15, -0.1) is 0 Å². The van der Waals surface area contributed by atoms with E-state index >= 15 is 0 Å². The van der Waals surface area contributed by atoms with Gasteiger partial charge in [-0.25, -0.2) is 0 Å². The molecule has 3 nitrogen and oxygen atoms in total. The highest BCUT2D eigenvalue weighted by molar-refractivity contribution is 9.10. The Morgan fingerprint density at radius 2 is 1.59 bits per heavy atom. The number of H-pyrrole nitrogens is 1. The number of hydrogen-bond donors (Lipinski definition) is 1. The zero-order valence-corrected chi connectivity index (χ0v) is 16.5. The average Bonchev–Trinajstić information content (AvgIpc) is 3.11. The van der Waals surface area contributed by atoms with Crippen LogP contribution in [0.1, 0.15) is 24.1 Å². The third-order valence-electron chi connectivity index (χ3n) is 4.73. The second-order valence-corrected chi connectivity index (χ2v) is 7.38. The van der Waals surface area contributed by atoms with Crippen molar-refractivity contribution in [2.75, 3.05) is 4.90 Å². The molecule has 1 heterocycles. The topological polar surface area (TPSA) is 36.1 Å². The van der Waals surface area contributed by atoms with Gasteiger partial charge in [0.25, 0.3) is 0 Å². The summed E-state index contributed by atoms with van der Waals surface area (Å²) in [5.74, 6) is -0.00328. The van der Waals surface area contributed by atoms with Crippen LogP contribution in [0.3, 0.4) is 0 Å². The zero-order valence-electron chi connectivity index (χ0n) is 14.9. The van der Waals surface area contributed by atoms with E-state index in [1.807, 2.05) is 65.7 Å². The van der Waals surface area contributed by atoms with E-state index in [9.17, 15) is 4.79 Å². The smallest absolute Gasteiger partial charge is 0.224 e. The zero-order chi connectivity index (χ0) is 18.8. The van der Waals surface area contributed by atoms with Gasteiger partial charge in [-0.2, -0.15) is 0 Å². The molecular formula is C23H19BrN2O. The third kappa shape index (κ3) is 3.40. The van der Waals surface area contributed by atoms with Crippen molar-refractivity contribution in [2.24, 2.45) is 0 Å². The Kier molecular flexibility index (Phi) is 4.82. The van der Waals surface area contributed by atoms with Gasteiger partial charge in [0, 0.05) is 39.7 Å². The van der Waals surface area contributed by atoms with Gasteiger partial charge in [-0.3, -0.25) is 4.79 Å². The van der Waals surface area contributed by atoms with Crippen molar-refractivity contribution in [1.29, 1.82) is 0 Å². The first-order valence-corrected chi connectivity index (χ1v) is 9.61. The molecule has 1 unspecified atom stereocenters. The molecule has 4 rings (SSSR count). The van der Waals surface area contributed by atoms with Crippen molar-refractivity contribution >= 4 is 38.4 Å². The number of aromatic nitrogens is 1. The Labute approximate surface area is 166 Å². The molecule has 1 N–H and O–H groups in total. The highest BCUT2D eigenvalue weighted by Gasteiger charge is 2.28. The van der Waals surface area contributed by atoms with Gasteiger partial charge >= 0.3 is 0 Å². The molecule has 0 saturated heterocycles. The van der Waals surface area contributed by atoms with Gasteiger partial charge in [-0.1, -0.05) is 64.5 Å². The minimum absolute atomic E-state index is 0.00328. The van der Waals surface area contributed by atoms with Crippen molar-refractivity contribution in [3.05, 3.63) is 101 Å². The van der Waals surface area contributed by atoms with Crippen molar-refractivity contribution in [1.82, 2.24) is 4.98 Å². The van der Waals surface area contributed by atoms with E-state index in [1.165, 1.54) is 0 Å².